The number of benzene rings is 2. The molecule has 2 aromatic carbocycles. The third kappa shape index (κ3) is 5.68. The number of hydrogen-bond acceptors (Lipinski definition) is 3. The van der Waals surface area contributed by atoms with E-state index >= 15 is 0 Å². The van der Waals surface area contributed by atoms with Crippen molar-refractivity contribution in [2.24, 2.45) is 0 Å². The molecule has 0 radical (unpaired) electrons. The van der Waals surface area contributed by atoms with Gasteiger partial charge in [-0.05, 0) is 23.6 Å². The van der Waals surface area contributed by atoms with Crippen LogP contribution in [0.3, 0.4) is 0 Å². The van der Waals surface area contributed by atoms with Crippen LogP contribution < -0.4 is 10.2 Å². The molecule has 2 N–H and O–H groups in total. The molecule has 0 bridgehead atoms. The van der Waals surface area contributed by atoms with E-state index in [9.17, 15) is 13.2 Å². The second kappa shape index (κ2) is 8.47. The summed E-state index contributed by atoms with van der Waals surface area (Å²) in [5.74, 6) is 0.284. The van der Waals surface area contributed by atoms with Crippen molar-refractivity contribution in [2.75, 3.05) is 25.2 Å². The Morgan fingerprint density at radius 2 is 1.69 bits per heavy atom. The highest BCUT2D eigenvalue weighted by atomic mass is 32.2. The van der Waals surface area contributed by atoms with Gasteiger partial charge in [-0.25, -0.2) is 8.42 Å². The summed E-state index contributed by atoms with van der Waals surface area (Å²) < 4.78 is 23.6. The van der Waals surface area contributed by atoms with Crippen LogP contribution in [-0.2, 0) is 21.2 Å². The number of carbonyl (C=O) groups is 1. The molecule has 2 rings (SSSR count). The summed E-state index contributed by atoms with van der Waals surface area (Å²) in [6.45, 7) is 5.29. The Morgan fingerprint density at radius 1 is 1.08 bits per heavy atom. The fraction of sp³-hybridized carbons (Fsp3) is 0.350. The van der Waals surface area contributed by atoms with Crippen molar-refractivity contribution in [3.05, 3.63) is 59.7 Å². The molecule has 0 fully saturated rings. The lowest BCUT2D eigenvalue weighted by Gasteiger charge is -2.15. The zero-order chi connectivity index (χ0) is 19.3. The zero-order valence-electron chi connectivity index (χ0n) is 15.7. The molecule has 0 aliphatic carbocycles. The van der Waals surface area contributed by atoms with Crippen molar-refractivity contribution in [1.29, 1.82) is 0 Å². The van der Waals surface area contributed by atoms with Crippen LogP contribution in [0.2, 0.25) is 0 Å². The lowest BCUT2D eigenvalue weighted by molar-refractivity contribution is -0.885. The topological polar surface area (TPSA) is 67.7 Å². The van der Waals surface area contributed by atoms with E-state index in [0.29, 0.717) is 11.6 Å². The largest absolute Gasteiger partial charge is 0.326 e. The maximum Gasteiger partial charge on any atom is 0.279 e. The molecule has 1 atom stereocenters. The maximum atomic E-state index is 12.3. The smallest absolute Gasteiger partial charge is 0.279 e. The third-order valence-electron chi connectivity index (χ3n) is 4.18. The minimum atomic E-state index is -3.39. The summed E-state index contributed by atoms with van der Waals surface area (Å²) in [7, 11) is -1.45. The maximum absolute atomic E-state index is 12.3. The molecule has 0 saturated heterocycles. The van der Waals surface area contributed by atoms with Gasteiger partial charge in [-0.1, -0.05) is 50.2 Å². The molecule has 0 aliphatic rings. The average molecular weight is 376 g/mol. The Morgan fingerprint density at radius 3 is 2.27 bits per heavy atom. The van der Waals surface area contributed by atoms with Gasteiger partial charge in [0, 0.05) is 11.8 Å². The SMILES string of the molecule is CC(C)c1ccc(C[NH+](C)CC(=O)Nc2ccccc2S(C)(=O)=O)cc1. The van der Waals surface area contributed by atoms with Gasteiger partial charge in [0.05, 0.1) is 17.6 Å². The highest BCUT2D eigenvalue weighted by Gasteiger charge is 2.16. The Kier molecular flexibility index (Phi) is 6.56. The number of amides is 1. The summed E-state index contributed by atoms with van der Waals surface area (Å²) in [5, 5.41) is 2.72. The van der Waals surface area contributed by atoms with Gasteiger partial charge in [0.15, 0.2) is 16.4 Å². The molecule has 6 heteroatoms. The monoisotopic (exact) mass is 375 g/mol. The van der Waals surface area contributed by atoms with Gasteiger partial charge >= 0.3 is 0 Å². The zero-order valence-corrected chi connectivity index (χ0v) is 16.6. The predicted molar refractivity (Wildman–Crippen MR) is 104 cm³/mol. The van der Waals surface area contributed by atoms with Crippen molar-refractivity contribution in [2.45, 2.75) is 31.2 Å². The van der Waals surface area contributed by atoms with Crippen LogP contribution in [0, 0.1) is 0 Å². The predicted octanol–water partition coefficient (Wildman–Crippen LogP) is 1.87. The lowest BCUT2D eigenvalue weighted by Crippen LogP contribution is -3.08. The number of sulfone groups is 1. The Bertz CT molecular complexity index is 859. The quantitative estimate of drug-likeness (QED) is 0.776. The average Bonchev–Trinajstić information content (AvgIpc) is 2.54. The van der Waals surface area contributed by atoms with E-state index in [2.05, 4.69) is 43.4 Å². The molecule has 0 heterocycles. The van der Waals surface area contributed by atoms with Crippen molar-refractivity contribution in [3.8, 4) is 0 Å². The van der Waals surface area contributed by atoms with Crippen molar-refractivity contribution < 1.29 is 18.1 Å². The first kappa shape index (κ1) is 20.1. The molecule has 140 valence electrons. The lowest BCUT2D eigenvalue weighted by atomic mass is 10.0. The number of quaternary nitrogens is 1. The van der Waals surface area contributed by atoms with Crippen molar-refractivity contribution in [1.82, 2.24) is 0 Å². The van der Waals surface area contributed by atoms with E-state index in [-0.39, 0.29) is 17.3 Å². The number of likely N-dealkylation sites (N-methyl/N-ethyl adjacent to an activating group) is 1. The fourth-order valence-corrected chi connectivity index (χ4v) is 3.64. The van der Waals surface area contributed by atoms with Gasteiger partial charge in [-0.15, -0.1) is 0 Å². The number of hydrogen-bond donors (Lipinski definition) is 2. The van der Waals surface area contributed by atoms with E-state index in [4.69, 9.17) is 0 Å². The summed E-state index contributed by atoms with van der Waals surface area (Å²) in [4.78, 5) is 13.5. The van der Waals surface area contributed by atoms with Crippen molar-refractivity contribution in [3.63, 3.8) is 0 Å². The number of nitrogens with one attached hydrogen (secondary N) is 2. The Balaban J connectivity index is 1.98. The van der Waals surface area contributed by atoms with E-state index in [1.807, 2.05) is 7.05 Å². The van der Waals surface area contributed by atoms with E-state index in [1.165, 1.54) is 11.6 Å². The fourth-order valence-electron chi connectivity index (χ4n) is 2.79. The molecule has 1 unspecified atom stereocenters. The van der Waals surface area contributed by atoms with Crippen LogP contribution in [0.4, 0.5) is 5.69 Å². The second-order valence-corrected chi connectivity index (χ2v) is 9.01. The number of rotatable bonds is 7. The van der Waals surface area contributed by atoms with Crippen LogP contribution in [0.15, 0.2) is 53.4 Å². The highest BCUT2D eigenvalue weighted by molar-refractivity contribution is 7.90. The van der Waals surface area contributed by atoms with Gasteiger partial charge in [0.1, 0.15) is 6.54 Å². The minimum absolute atomic E-state index is 0.135. The van der Waals surface area contributed by atoms with Crippen molar-refractivity contribution >= 4 is 21.4 Å². The van der Waals surface area contributed by atoms with Gasteiger partial charge in [0.25, 0.3) is 5.91 Å². The molecule has 0 aliphatic heterocycles. The standard InChI is InChI=1S/C20H26N2O3S/c1-15(2)17-11-9-16(10-12-17)13-22(3)14-20(23)21-18-7-5-6-8-19(18)26(4,24)25/h5-12,15H,13-14H2,1-4H3,(H,21,23)/p+1. The number of para-hydroxylation sites is 1. The summed E-state index contributed by atoms with van der Waals surface area (Å²) in [6, 6.07) is 14.9. The number of anilines is 1. The Labute approximate surface area is 156 Å². The second-order valence-electron chi connectivity index (χ2n) is 7.02. The minimum Gasteiger partial charge on any atom is -0.326 e. The molecular formula is C20H27N2O3S+. The third-order valence-corrected chi connectivity index (χ3v) is 5.33. The molecule has 2 aromatic rings. The summed E-state index contributed by atoms with van der Waals surface area (Å²) in [6.07, 6.45) is 1.14. The molecular weight excluding hydrogens is 348 g/mol. The van der Waals surface area contributed by atoms with Crippen LogP contribution in [0.1, 0.15) is 30.9 Å². The van der Waals surface area contributed by atoms with Gasteiger partial charge < -0.3 is 10.2 Å². The van der Waals surface area contributed by atoms with Gasteiger partial charge in [-0.3, -0.25) is 4.79 Å². The molecule has 0 spiro atoms. The van der Waals surface area contributed by atoms with E-state index in [0.717, 1.165) is 23.3 Å². The van der Waals surface area contributed by atoms with Crippen LogP contribution in [0.5, 0.6) is 0 Å². The molecule has 5 nitrogen and oxygen atoms in total. The molecule has 26 heavy (non-hydrogen) atoms. The molecule has 0 saturated carbocycles. The van der Waals surface area contributed by atoms with E-state index in [1.54, 1.807) is 18.2 Å². The van der Waals surface area contributed by atoms with E-state index < -0.39 is 9.84 Å². The van der Waals surface area contributed by atoms with Gasteiger partial charge in [-0.2, -0.15) is 0 Å². The first-order valence-corrected chi connectivity index (χ1v) is 10.5. The highest BCUT2D eigenvalue weighted by Crippen LogP contribution is 2.20. The summed E-state index contributed by atoms with van der Waals surface area (Å²) in [5.41, 5.74) is 2.78. The first-order chi connectivity index (χ1) is 12.2. The molecule has 0 aromatic heterocycles. The number of carbonyl (C=O) groups excluding carboxylic acids is 1. The van der Waals surface area contributed by atoms with Crippen LogP contribution in [-0.4, -0.2) is 34.2 Å². The van der Waals surface area contributed by atoms with Crippen LogP contribution in [0.25, 0.3) is 0 Å². The molecule has 1 amide bonds. The summed E-state index contributed by atoms with van der Waals surface area (Å²) >= 11 is 0. The van der Waals surface area contributed by atoms with Gasteiger partial charge in [0.2, 0.25) is 0 Å². The Hall–Kier alpha value is -2.18. The first-order valence-electron chi connectivity index (χ1n) is 8.66. The van der Waals surface area contributed by atoms with Crippen LogP contribution >= 0.6 is 0 Å². The normalized spacial score (nSPS) is 12.8.